The molecule has 1 saturated heterocycles. The number of hydrogen-bond acceptors (Lipinski definition) is 5. The van der Waals surface area contributed by atoms with Crippen molar-refractivity contribution in [2.75, 3.05) is 20.3 Å². The zero-order valence-corrected chi connectivity index (χ0v) is 20.7. The number of para-hydroxylation sites is 1. The summed E-state index contributed by atoms with van der Waals surface area (Å²) >= 11 is 0. The van der Waals surface area contributed by atoms with E-state index in [1.807, 2.05) is 65.6 Å². The van der Waals surface area contributed by atoms with Crippen LogP contribution in [0.15, 0.2) is 66.7 Å². The minimum absolute atomic E-state index is 0.126. The number of piperidine rings is 1. The first-order valence-corrected chi connectivity index (χ1v) is 12.5. The number of amides is 1. The molecule has 3 aromatic carbocycles. The summed E-state index contributed by atoms with van der Waals surface area (Å²) < 4.78 is 10.9. The third kappa shape index (κ3) is 4.76. The lowest BCUT2D eigenvalue weighted by Crippen LogP contribution is -2.45. The normalized spacial score (nSPS) is 15.7. The smallest absolute Gasteiger partial charge is 0.339 e. The Morgan fingerprint density at radius 2 is 1.81 bits per heavy atom. The van der Waals surface area contributed by atoms with Crippen LogP contribution in [-0.4, -0.2) is 48.1 Å². The van der Waals surface area contributed by atoms with E-state index in [0.29, 0.717) is 22.2 Å². The number of nitrogens with zero attached hydrogens (tertiary/aromatic N) is 2. The topological polar surface area (TPSA) is 68.7 Å². The first kappa shape index (κ1) is 23.8. The second kappa shape index (κ2) is 10.4. The molecule has 1 atom stereocenters. The number of esters is 1. The van der Waals surface area contributed by atoms with Crippen molar-refractivity contribution in [2.45, 2.75) is 38.6 Å². The van der Waals surface area contributed by atoms with Gasteiger partial charge in [0, 0.05) is 23.5 Å². The lowest BCUT2D eigenvalue weighted by Gasteiger charge is -2.35. The van der Waals surface area contributed by atoms with Gasteiger partial charge in [-0.15, -0.1) is 0 Å². The lowest BCUT2D eigenvalue weighted by atomic mass is 10.00. The number of methoxy groups -OCH3 is 1. The summed E-state index contributed by atoms with van der Waals surface area (Å²) in [6, 6.07) is 21.4. The molecule has 0 N–H and O–H groups in total. The van der Waals surface area contributed by atoms with E-state index in [1.165, 1.54) is 0 Å². The van der Waals surface area contributed by atoms with E-state index in [-0.39, 0.29) is 18.6 Å². The summed E-state index contributed by atoms with van der Waals surface area (Å²) in [7, 11) is 1.65. The van der Waals surface area contributed by atoms with Crippen LogP contribution in [0.3, 0.4) is 0 Å². The Balaban J connectivity index is 1.44. The molecule has 4 aromatic rings. The van der Waals surface area contributed by atoms with Gasteiger partial charge in [0.2, 0.25) is 0 Å². The van der Waals surface area contributed by atoms with Crippen LogP contribution in [0.25, 0.3) is 32.9 Å². The van der Waals surface area contributed by atoms with Crippen LogP contribution in [0.2, 0.25) is 0 Å². The fraction of sp³-hybridized carbons (Fsp3) is 0.300. The van der Waals surface area contributed by atoms with E-state index in [1.54, 1.807) is 13.2 Å². The average molecular weight is 483 g/mol. The highest BCUT2D eigenvalue weighted by Gasteiger charge is 2.26. The molecule has 1 aliphatic heterocycles. The molecule has 184 valence electrons. The Kier molecular flexibility index (Phi) is 6.85. The van der Waals surface area contributed by atoms with Gasteiger partial charge in [0.05, 0.1) is 23.9 Å². The second-order valence-electron chi connectivity index (χ2n) is 9.22. The monoisotopic (exact) mass is 482 g/mol. The van der Waals surface area contributed by atoms with E-state index in [9.17, 15) is 9.59 Å². The molecule has 0 radical (unpaired) electrons. The highest BCUT2D eigenvalue weighted by molar-refractivity contribution is 6.05. The Hall–Kier alpha value is -3.93. The number of aromatic nitrogens is 1. The van der Waals surface area contributed by atoms with Crippen molar-refractivity contribution in [3.63, 3.8) is 0 Å². The zero-order chi connectivity index (χ0) is 25.1. The number of hydrogen-bond donors (Lipinski definition) is 0. The maximum atomic E-state index is 13.2. The van der Waals surface area contributed by atoms with Gasteiger partial charge in [0.25, 0.3) is 5.91 Å². The standard InChI is InChI=1S/C30H30N2O4/c1-3-23-8-6-7-15-32(23)29(33)19-36-30(34)26-18-28(31-27-10-5-4-9-25(26)27)22-12-11-21-17-24(35-2)14-13-20(21)16-22/h4-5,9-14,16-18,23H,3,6-8,15,19H2,1-2H3. The minimum Gasteiger partial charge on any atom is -0.497 e. The Labute approximate surface area is 210 Å². The van der Waals surface area contributed by atoms with Gasteiger partial charge >= 0.3 is 5.97 Å². The number of ether oxygens (including phenoxy) is 2. The molecular formula is C30H30N2O4. The van der Waals surface area contributed by atoms with E-state index in [2.05, 4.69) is 6.92 Å². The Morgan fingerprint density at radius 1 is 1.00 bits per heavy atom. The summed E-state index contributed by atoms with van der Waals surface area (Å²) in [5.74, 6) is 0.158. The molecule has 1 unspecified atom stereocenters. The van der Waals surface area contributed by atoms with Crippen molar-refractivity contribution in [1.82, 2.24) is 9.88 Å². The van der Waals surface area contributed by atoms with Crippen LogP contribution in [0.5, 0.6) is 5.75 Å². The quantitative estimate of drug-likeness (QED) is 0.315. The summed E-state index contributed by atoms with van der Waals surface area (Å²) in [4.78, 5) is 32.8. The third-order valence-corrected chi connectivity index (χ3v) is 7.02. The van der Waals surface area contributed by atoms with E-state index < -0.39 is 5.97 Å². The van der Waals surface area contributed by atoms with E-state index >= 15 is 0 Å². The van der Waals surface area contributed by atoms with Gasteiger partial charge in [0.15, 0.2) is 6.61 Å². The van der Waals surface area contributed by atoms with Crippen LogP contribution in [0, 0.1) is 0 Å². The molecule has 36 heavy (non-hydrogen) atoms. The molecule has 1 aliphatic rings. The van der Waals surface area contributed by atoms with Crippen molar-refractivity contribution in [3.05, 3.63) is 72.3 Å². The van der Waals surface area contributed by atoms with Crippen LogP contribution in [0.1, 0.15) is 43.0 Å². The first-order valence-electron chi connectivity index (χ1n) is 12.5. The Bertz CT molecular complexity index is 1430. The number of likely N-dealkylation sites (tertiary alicyclic amines) is 1. The van der Waals surface area contributed by atoms with Crippen LogP contribution in [-0.2, 0) is 9.53 Å². The van der Waals surface area contributed by atoms with Gasteiger partial charge in [-0.25, -0.2) is 9.78 Å². The van der Waals surface area contributed by atoms with E-state index in [0.717, 1.165) is 54.3 Å². The van der Waals surface area contributed by atoms with Crippen LogP contribution in [0.4, 0.5) is 0 Å². The van der Waals surface area contributed by atoms with Crippen molar-refractivity contribution < 1.29 is 19.1 Å². The maximum Gasteiger partial charge on any atom is 0.339 e. The molecule has 0 aliphatic carbocycles. The molecule has 1 aromatic heterocycles. The van der Waals surface area contributed by atoms with Gasteiger partial charge in [0.1, 0.15) is 5.75 Å². The third-order valence-electron chi connectivity index (χ3n) is 7.02. The molecule has 0 bridgehead atoms. The fourth-order valence-corrected chi connectivity index (χ4v) is 5.04. The Morgan fingerprint density at radius 3 is 2.64 bits per heavy atom. The molecule has 6 heteroatoms. The molecule has 1 amide bonds. The molecule has 2 heterocycles. The summed E-state index contributed by atoms with van der Waals surface area (Å²) in [6.45, 7) is 2.57. The molecule has 0 saturated carbocycles. The molecular weight excluding hydrogens is 452 g/mol. The van der Waals surface area contributed by atoms with Crippen LogP contribution >= 0.6 is 0 Å². The number of fused-ring (bicyclic) bond motifs is 2. The average Bonchev–Trinajstić information content (AvgIpc) is 2.94. The molecule has 0 spiro atoms. The largest absolute Gasteiger partial charge is 0.497 e. The molecule has 1 fully saturated rings. The van der Waals surface area contributed by atoms with Crippen LogP contribution < -0.4 is 4.74 Å². The molecule has 5 rings (SSSR count). The predicted molar refractivity (Wildman–Crippen MR) is 141 cm³/mol. The second-order valence-corrected chi connectivity index (χ2v) is 9.22. The number of pyridine rings is 1. The van der Waals surface area contributed by atoms with Crippen molar-refractivity contribution in [2.24, 2.45) is 0 Å². The lowest BCUT2D eigenvalue weighted by molar-refractivity contribution is -0.138. The number of carbonyl (C=O) groups excluding carboxylic acids is 2. The summed E-state index contributed by atoms with van der Waals surface area (Å²) in [6.07, 6.45) is 4.05. The zero-order valence-electron chi connectivity index (χ0n) is 20.7. The minimum atomic E-state index is -0.515. The van der Waals surface area contributed by atoms with E-state index in [4.69, 9.17) is 14.5 Å². The van der Waals surface area contributed by atoms with Gasteiger partial charge in [-0.3, -0.25) is 4.79 Å². The SMILES string of the molecule is CCC1CCCCN1C(=O)COC(=O)c1cc(-c2ccc3cc(OC)ccc3c2)nc2ccccc12. The number of rotatable bonds is 6. The van der Waals surface area contributed by atoms with Crippen molar-refractivity contribution >= 4 is 33.6 Å². The van der Waals surface area contributed by atoms with Crippen molar-refractivity contribution in [1.29, 1.82) is 0 Å². The highest BCUT2D eigenvalue weighted by atomic mass is 16.5. The summed E-state index contributed by atoms with van der Waals surface area (Å²) in [5.41, 5.74) is 2.67. The fourth-order valence-electron chi connectivity index (χ4n) is 5.04. The number of carbonyl (C=O) groups is 2. The first-order chi connectivity index (χ1) is 17.6. The molecule has 6 nitrogen and oxygen atoms in total. The van der Waals surface area contributed by atoms with Gasteiger partial charge < -0.3 is 14.4 Å². The van der Waals surface area contributed by atoms with Gasteiger partial charge in [-0.2, -0.15) is 0 Å². The van der Waals surface area contributed by atoms with Gasteiger partial charge in [-0.05, 0) is 66.8 Å². The number of benzene rings is 3. The highest BCUT2D eigenvalue weighted by Crippen LogP contribution is 2.29. The van der Waals surface area contributed by atoms with Gasteiger partial charge in [-0.1, -0.05) is 43.3 Å². The van der Waals surface area contributed by atoms with Crippen molar-refractivity contribution in [3.8, 4) is 17.0 Å². The predicted octanol–water partition coefficient (Wildman–Crippen LogP) is 6.01. The maximum absolute atomic E-state index is 13.2. The summed E-state index contributed by atoms with van der Waals surface area (Å²) in [5, 5.41) is 2.80.